The molecular formula is C11H9NO4S. The van der Waals surface area contributed by atoms with Gasteiger partial charge in [0.2, 0.25) is 11.8 Å². The van der Waals surface area contributed by atoms with Crippen molar-refractivity contribution < 1.29 is 19.5 Å². The predicted molar refractivity (Wildman–Crippen MR) is 60.8 cm³/mol. The van der Waals surface area contributed by atoms with E-state index in [0.29, 0.717) is 0 Å². The molecule has 0 aromatic heterocycles. The van der Waals surface area contributed by atoms with Crippen LogP contribution in [-0.2, 0) is 9.59 Å². The van der Waals surface area contributed by atoms with Crippen LogP contribution >= 0.6 is 11.8 Å². The van der Waals surface area contributed by atoms with Gasteiger partial charge in [-0.1, -0.05) is 0 Å². The highest BCUT2D eigenvalue weighted by molar-refractivity contribution is 8.00. The number of aromatic carboxylic acids is 1. The summed E-state index contributed by atoms with van der Waals surface area (Å²) in [5.41, 5.74) is 0.196. The van der Waals surface area contributed by atoms with E-state index in [2.05, 4.69) is 5.32 Å². The van der Waals surface area contributed by atoms with Gasteiger partial charge in [-0.2, -0.15) is 0 Å². The van der Waals surface area contributed by atoms with Gasteiger partial charge in [0.25, 0.3) is 0 Å². The Morgan fingerprint density at radius 2 is 1.94 bits per heavy atom. The molecule has 1 aromatic carbocycles. The number of carbonyl (C=O) groups excluding carboxylic acids is 2. The summed E-state index contributed by atoms with van der Waals surface area (Å²) in [7, 11) is 0. The standard InChI is InChI=1S/C11H9NO4S/c13-9-5-8(10(14)12-9)17-7-3-1-6(2-4-7)11(15)16/h1-4,8H,5H2,(H,15,16)(H,12,13,14). The third kappa shape index (κ3) is 2.65. The molecule has 1 aliphatic rings. The van der Waals surface area contributed by atoms with E-state index in [1.165, 1.54) is 23.9 Å². The maximum Gasteiger partial charge on any atom is 0.335 e. The van der Waals surface area contributed by atoms with Crippen molar-refractivity contribution in [1.82, 2.24) is 5.32 Å². The molecule has 6 heteroatoms. The fourth-order valence-electron chi connectivity index (χ4n) is 1.47. The first kappa shape index (κ1) is 11.7. The Hall–Kier alpha value is -1.82. The first-order chi connectivity index (χ1) is 8.06. The number of thioether (sulfide) groups is 1. The molecule has 1 heterocycles. The molecule has 0 spiro atoms. The molecule has 1 saturated heterocycles. The van der Waals surface area contributed by atoms with Gasteiger partial charge in [0.05, 0.1) is 10.8 Å². The molecule has 2 N–H and O–H groups in total. The molecule has 1 unspecified atom stereocenters. The lowest BCUT2D eigenvalue weighted by molar-refractivity contribution is -0.124. The SMILES string of the molecule is O=C1CC(Sc2ccc(C(=O)O)cc2)C(=O)N1. The Labute approximate surface area is 101 Å². The number of hydrogen-bond donors (Lipinski definition) is 2. The minimum Gasteiger partial charge on any atom is -0.478 e. The zero-order valence-corrected chi connectivity index (χ0v) is 9.49. The van der Waals surface area contributed by atoms with Gasteiger partial charge < -0.3 is 5.11 Å². The highest BCUT2D eigenvalue weighted by Gasteiger charge is 2.31. The molecule has 88 valence electrons. The number of rotatable bonds is 3. The second kappa shape index (κ2) is 4.58. The minimum atomic E-state index is -0.990. The normalized spacial score (nSPS) is 19.2. The maximum atomic E-state index is 11.3. The molecular weight excluding hydrogens is 242 g/mol. The Kier molecular flexibility index (Phi) is 3.14. The summed E-state index contributed by atoms with van der Waals surface area (Å²) in [6.45, 7) is 0. The summed E-state index contributed by atoms with van der Waals surface area (Å²) in [5, 5.41) is 10.5. The van der Waals surface area contributed by atoms with E-state index < -0.39 is 11.2 Å². The third-order valence-corrected chi connectivity index (χ3v) is 3.52. The van der Waals surface area contributed by atoms with Crippen LogP contribution in [0.1, 0.15) is 16.8 Å². The third-order valence-electron chi connectivity index (χ3n) is 2.31. The molecule has 1 aromatic rings. The highest BCUT2D eigenvalue weighted by atomic mass is 32.2. The predicted octanol–water partition coefficient (Wildman–Crippen LogP) is 0.892. The lowest BCUT2D eigenvalue weighted by Crippen LogP contribution is -2.22. The molecule has 2 rings (SSSR count). The van der Waals surface area contributed by atoms with E-state index in [1.807, 2.05) is 0 Å². The summed E-state index contributed by atoms with van der Waals surface area (Å²) < 4.78 is 0. The van der Waals surface area contributed by atoms with Gasteiger partial charge in [0.1, 0.15) is 0 Å². The van der Waals surface area contributed by atoms with Crippen molar-refractivity contribution in [2.75, 3.05) is 0 Å². The van der Waals surface area contributed by atoms with Crippen LogP contribution in [0.2, 0.25) is 0 Å². The van der Waals surface area contributed by atoms with E-state index in [0.717, 1.165) is 4.90 Å². The van der Waals surface area contributed by atoms with E-state index in [1.54, 1.807) is 12.1 Å². The first-order valence-corrected chi connectivity index (χ1v) is 5.78. The van der Waals surface area contributed by atoms with Gasteiger partial charge in [-0.25, -0.2) is 4.79 Å². The van der Waals surface area contributed by atoms with E-state index >= 15 is 0 Å². The Morgan fingerprint density at radius 3 is 2.41 bits per heavy atom. The smallest absolute Gasteiger partial charge is 0.335 e. The lowest BCUT2D eigenvalue weighted by atomic mass is 10.2. The molecule has 1 fully saturated rings. The van der Waals surface area contributed by atoms with Crippen LogP contribution in [0.4, 0.5) is 0 Å². The number of carbonyl (C=O) groups is 3. The maximum absolute atomic E-state index is 11.3. The van der Waals surface area contributed by atoms with Crippen molar-refractivity contribution in [1.29, 1.82) is 0 Å². The molecule has 5 nitrogen and oxygen atoms in total. The summed E-state index contributed by atoms with van der Waals surface area (Å²) >= 11 is 1.26. The molecule has 0 radical (unpaired) electrons. The van der Waals surface area contributed by atoms with Gasteiger partial charge in [0.15, 0.2) is 0 Å². The van der Waals surface area contributed by atoms with Crippen LogP contribution in [0, 0.1) is 0 Å². The summed E-state index contributed by atoms with van der Waals surface area (Å²) in [4.78, 5) is 33.7. The van der Waals surface area contributed by atoms with Gasteiger partial charge in [0, 0.05) is 11.3 Å². The van der Waals surface area contributed by atoms with Crippen LogP contribution in [0.3, 0.4) is 0 Å². The van der Waals surface area contributed by atoms with Crippen molar-refractivity contribution in [3.63, 3.8) is 0 Å². The highest BCUT2D eigenvalue weighted by Crippen LogP contribution is 2.28. The van der Waals surface area contributed by atoms with Crippen molar-refractivity contribution >= 4 is 29.5 Å². The molecule has 0 saturated carbocycles. The van der Waals surface area contributed by atoms with Crippen LogP contribution in [0.15, 0.2) is 29.2 Å². The number of imide groups is 1. The average molecular weight is 251 g/mol. The van der Waals surface area contributed by atoms with Crippen LogP contribution < -0.4 is 5.32 Å². The minimum absolute atomic E-state index is 0.171. The van der Waals surface area contributed by atoms with Gasteiger partial charge in [-0.3, -0.25) is 14.9 Å². The molecule has 1 atom stereocenters. The molecule has 17 heavy (non-hydrogen) atoms. The quantitative estimate of drug-likeness (QED) is 0.779. The van der Waals surface area contributed by atoms with Gasteiger partial charge in [-0.05, 0) is 24.3 Å². The van der Waals surface area contributed by atoms with E-state index in [4.69, 9.17) is 5.11 Å². The van der Waals surface area contributed by atoms with Gasteiger partial charge >= 0.3 is 5.97 Å². The van der Waals surface area contributed by atoms with Crippen LogP contribution in [0.5, 0.6) is 0 Å². The van der Waals surface area contributed by atoms with Crippen molar-refractivity contribution in [3.8, 4) is 0 Å². The molecule has 2 amide bonds. The molecule has 0 aliphatic carbocycles. The number of nitrogens with one attached hydrogen (secondary N) is 1. The molecule has 0 bridgehead atoms. The number of carboxylic acid groups (broad SMARTS) is 1. The van der Waals surface area contributed by atoms with Crippen LogP contribution in [0.25, 0.3) is 0 Å². The second-order valence-corrected chi connectivity index (χ2v) is 4.83. The van der Waals surface area contributed by atoms with Crippen molar-refractivity contribution in [2.24, 2.45) is 0 Å². The zero-order valence-electron chi connectivity index (χ0n) is 8.67. The summed E-state index contributed by atoms with van der Waals surface area (Å²) in [5.74, 6) is -1.55. The van der Waals surface area contributed by atoms with Gasteiger partial charge in [-0.15, -0.1) is 11.8 Å². The fourth-order valence-corrected chi connectivity index (χ4v) is 2.49. The average Bonchev–Trinajstić information content (AvgIpc) is 2.58. The number of carboxylic acids is 1. The van der Waals surface area contributed by atoms with E-state index in [9.17, 15) is 14.4 Å². The van der Waals surface area contributed by atoms with Crippen LogP contribution in [-0.4, -0.2) is 28.1 Å². The zero-order chi connectivity index (χ0) is 12.4. The number of benzene rings is 1. The second-order valence-electron chi connectivity index (χ2n) is 3.55. The first-order valence-electron chi connectivity index (χ1n) is 4.90. The number of hydrogen-bond acceptors (Lipinski definition) is 4. The Balaban J connectivity index is 2.07. The molecule has 1 aliphatic heterocycles. The van der Waals surface area contributed by atoms with E-state index in [-0.39, 0.29) is 23.8 Å². The summed E-state index contributed by atoms with van der Waals surface area (Å²) in [6.07, 6.45) is 0.171. The monoisotopic (exact) mass is 251 g/mol. The van der Waals surface area contributed by atoms with Crippen molar-refractivity contribution in [3.05, 3.63) is 29.8 Å². The van der Waals surface area contributed by atoms with Crippen molar-refractivity contribution in [2.45, 2.75) is 16.6 Å². The lowest BCUT2D eigenvalue weighted by Gasteiger charge is -2.05. The Morgan fingerprint density at radius 1 is 1.29 bits per heavy atom. The fraction of sp³-hybridized carbons (Fsp3) is 0.182. The topological polar surface area (TPSA) is 83.5 Å². The Bertz CT molecular complexity index is 483. The number of amides is 2. The summed E-state index contributed by atoms with van der Waals surface area (Å²) in [6, 6.07) is 6.20. The largest absolute Gasteiger partial charge is 0.478 e.